The molecule has 0 amide bonds. The quantitative estimate of drug-likeness (QED) is 0.580. The molecule has 1 saturated heterocycles. The van der Waals surface area contributed by atoms with Crippen LogP contribution in [0.5, 0.6) is 0 Å². The number of fused-ring (bicyclic) bond motifs is 2. The number of allylic oxidation sites excluding steroid dienone is 3. The minimum absolute atomic E-state index is 0.0853. The molecule has 2 N–H and O–H groups in total. The maximum atomic E-state index is 12.6. The summed E-state index contributed by atoms with van der Waals surface area (Å²) in [5.74, 6) is -0.467. The molecular formula is C20H28N2O5. The molecule has 1 aromatic heterocycles. The number of carbonyl (C=O) groups excluding carboxylic acids is 1. The van der Waals surface area contributed by atoms with Crippen molar-refractivity contribution in [3.05, 3.63) is 46.2 Å². The number of carbonyl (C=O) groups is 1. The van der Waals surface area contributed by atoms with Crippen LogP contribution < -0.4 is 5.69 Å². The predicted octanol–water partition coefficient (Wildman–Crippen LogP) is 2.42. The highest BCUT2D eigenvalue weighted by atomic mass is 16.6. The van der Waals surface area contributed by atoms with Gasteiger partial charge in [0.1, 0.15) is 0 Å². The van der Waals surface area contributed by atoms with E-state index in [0.717, 1.165) is 37.7 Å². The summed E-state index contributed by atoms with van der Waals surface area (Å²) < 4.78 is 13.0. The average molecular weight is 376 g/mol. The highest BCUT2D eigenvalue weighted by Crippen LogP contribution is 2.41. The fourth-order valence-corrected chi connectivity index (χ4v) is 3.80. The Morgan fingerprint density at radius 2 is 2.04 bits per heavy atom. The van der Waals surface area contributed by atoms with Crippen LogP contribution in [-0.2, 0) is 26.9 Å². The lowest BCUT2D eigenvalue weighted by Crippen LogP contribution is -2.46. The van der Waals surface area contributed by atoms with Gasteiger partial charge < -0.3 is 24.1 Å². The second-order valence-corrected chi connectivity index (χ2v) is 7.55. The highest BCUT2D eigenvalue weighted by molar-refractivity contribution is 5.83. The Morgan fingerprint density at radius 3 is 2.78 bits per heavy atom. The summed E-state index contributed by atoms with van der Waals surface area (Å²) in [5.41, 5.74) is 0.0249. The number of esters is 1. The van der Waals surface area contributed by atoms with E-state index in [9.17, 15) is 14.7 Å². The van der Waals surface area contributed by atoms with Crippen LogP contribution in [0.25, 0.3) is 0 Å². The van der Waals surface area contributed by atoms with Crippen LogP contribution in [-0.4, -0.2) is 33.0 Å². The normalized spacial score (nSPS) is 30.3. The summed E-state index contributed by atoms with van der Waals surface area (Å²) >= 11 is 0. The molecule has 1 fully saturated rings. The zero-order chi connectivity index (χ0) is 19.4. The summed E-state index contributed by atoms with van der Waals surface area (Å²) in [4.78, 5) is 27.4. The molecule has 0 spiro atoms. The van der Waals surface area contributed by atoms with E-state index in [1.165, 1.54) is 10.6 Å². The van der Waals surface area contributed by atoms with Gasteiger partial charge in [-0.2, -0.15) is 0 Å². The van der Waals surface area contributed by atoms with Crippen molar-refractivity contribution in [2.24, 2.45) is 7.05 Å². The van der Waals surface area contributed by atoms with E-state index in [-0.39, 0.29) is 18.2 Å². The van der Waals surface area contributed by atoms with E-state index in [1.807, 2.05) is 6.92 Å². The number of hydrogen-bond donors (Lipinski definition) is 2. The standard InChI is InChI=1S/C20H28N2O5/c1-14-8-6-4-3-5-7-9-15-11-20(12-18(24)26-15,27-17(23)10-14)16-13-22(2)19(25)21-16/h3-4,10,13,15,18,24H,5-9,11-12H2,1-2H3,(H,21,25)/t15-,18-,20-/m1/s1. The number of rotatable bonds is 1. The van der Waals surface area contributed by atoms with Crippen molar-refractivity contribution >= 4 is 5.97 Å². The minimum Gasteiger partial charge on any atom is -0.449 e. The Hall–Kier alpha value is -2.12. The maximum absolute atomic E-state index is 12.6. The molecule has 148 valence electrons. The molecule has 2 bridgehead atoms. The molecule has 7 heteroatoms. The molecule has 0 saturated carbocycles. The first-order valence-electron chi connectivity index (χ1n) is 9.53. The number of nitrogens with zero attached hydrogens (tertiary/aromatic N) is 1. The Bertz CT molecular complexity index is 791. The van der Waals surface area contributed by atoms with Crippen LogP contribution in [0.15, 0.2) is 34.8 Å². The summed E-state index contributed by atoms with van der Waals surface area (Å²) in [6.45, 7) is 1.90. The van der Waals surface area contributed by atoms with E-state index >= 15 is 0 Å². The number of hydrogen-bond acceptors (Lipinski definition) is 5. The van der Waals surface area contributed by atoms with Crippen molar-refractivity contribution < 1.29 is 19.4 Å². The monoisotopic (exact) mass is 376 g/mol. The number of aromatic amines is 1. The first kappa shape index (κ1) is 19.6. The van der Waals surface area contributed by atoms with Gasteiger partial charge in [0.05, 0.1) is 11.8 Å². The van der Waals surface area contributed by atoms with Crippen LogP contribution in [0.1, 0.15) is 57.6 Å². The molecule has 3 atom stereocenters. The molecule has 0 unspecified atom stereocenters. The summed E-state index contributed by atoms with van der Waals surface area (Å²) in [6, 6.07) is 0. The molecule has 1 aromatic rings. The van der Waals surface area contributed by atoms with Crippen LogP contribution in [0.3, 0.4) is 0 Å². The van der Waals surface area contributed by atoms with Gasteiger partial charge in [0, 0.05) is 32.2 Å². The lowest BCUT2D eigenvalue weighted by atomic mass is 9.85. The number of aryl methyl sites for hydroxylation is 1. The number of imidazole rings is 1. The van der Waals surface area contributed by atoms with E-state index < -0.39 is 17.9 Å². The molecule has 0 radical (unpaired) electrons. The Kier molecular flexibility index (Phi) is 6.01. The molecule has 2 aliphatic heterocycles. The van der Waals surface area contributed by atoms with E-state index in [0.29, 0.717) is 12.1 Å². The summed E-state index contributed by atoms with van der Waals surface area (Å²) in [5, 5.41) is 10.3. The zero-order valence-corrected chi connectivity index (χ0v) is 15.9. The number of ether oxygens (including phenoxy) is 2. The number of aliphatic hydroxyl groups excluding tert-OH is 1. The third-order valence-corrected chi connectivity index (χ3v) is 5.22. The fourth-order valence-electron chi connectivity index (χ4n) is 3.80. The second kappa shape index (κ2) is 8.27. The number of nitrogens with one attached hydrogen (secondary N) is 1. The Labute approximate surface area is 158 Å². The predicted molar refractivity (Wildman–Crippen MR) is 99.9 cm³/mol. The van der Waals surface area contributed by atoms with Gasteiger partial charge >= 0.3 is 11.7 Å². The van der Waals surface area contributed by atoms with Crippen molar-refractivity contribution in [1.29, 1.82) is 0 Å². The SMILES string of the molecule is CC1=CC(=O)O[C@]2(c3cn(C)c(=O)[nH]3)C[C@@H](CCCC=CCC1)O[C@@H](O)C2. The van der Waals surface area contributed by atoms with Gasteiger partial charge in [0.25, 0.3) is 0 Å². The summed E-state index contributed by atoms with van der Waals surface area (Å²) in [7, 11) is 1.63. The lowest BCUT2D eigenvalue weighted by molar-refractivity contribution is -0.233. The average Bonchev–Trinajstić information content (AvgIpc) is 2.92. The van der Waals surface area contributed by atoms with Crippen molar-refractivity contribution in [2.75, 3.05) is 0 Å². The molecule has 27 heavy (non-hydrogen) atoms. The van der Waals surface area contributed by atoms with Crippen molar-refractivity contribution in [2.45, 2.75) is 69.9 Å². The fraction of sp³-hybridized carbons (Fsp3) is 0.600. The third kappa shape index (κ3) is 4.78. The topological polar surface area (TPSA) is 93.6 Å². The lowest BCUT2D eigenvalue weighted by Gasteiger charge is -2.41. The zero-order valence-electron chi connectivity index (χ0n) is 15.9. The Balaban J connectivity index is 1.98. The molecule has 3 heterocycles. The largest absolute Gasteiger partial charge is 0.449 e. The van der Waals surface area contributed by atoms with Gasteiger partial charge in [-0.25, -0.2) is 9.59 Å². The Morgan fingerprint density at radius 1 is 1.26 bits per heavy atom. The summed E-state index contributed by atoms with van der Waals surface area (Å²) in [6.07, 6.45) is 10.8. The second-order valence-electron chi connectivity index (χ2n) is 7.55. The third-order valence-electron chi connectivity index (χ3n) is 5.22. The van der Waals surface area contributed by atoms with Gasteiger partial charge in [-0.1, -0.05) is 17.7 Å². The van der Waals surface area contributed by atoms with Gasteiger partial charge in [-0.3, -0.25) is 0 Å². The van der Waals surface area contributed by atoms with Gasteiger partial charge in [0.2, 0.25) is 0 Å². The van der Waals surface area contributed by atoms with E-state index in [4.69, 9.17) is 9.47 Å². The molecule has 0 aromatic carbocycles. The molecule has 2 aliphatic rings. The molecular weight excluding hydrogens is 348 g/mol. The van der Waals surface area contributed by atoms with Crippen LogP contribution in [0.2, 0.25) is 0 Å². The first-order chi connectivity index (χ1) is 12.9. The maximum Gasteiger partial charge on any atom is 0.331 e. The van der Waals surface area contributed by atoms with Gasteiger partial charge in [0.15, 0.2) is 11.9 Å². The van der Waals surface area contributed by atoms with E-state index in [1.54, 1.807) is 13.2 Å². The van der Waals surface area contributed by atoms with Crippen LogP contribution in [0.4, 0.5) is 0 Å². The minimum atomic E-state index is -1.11. The first-order valence-corrected chi connectivity index (χ1v) is 9.53. The van der Waals surface area contributed by atoms with Gasteiger partial charge in [-0.15, -0.1) is 0 Å². The highest BCUT2D eigenvalue weighted by Gasteiger charge is 2.46. The number of aliphatic hydroxyl groups is 1. The van der Waals surface area contributed by atoms with Crippen molar-refractivity contribution in [1.82, 2.24) is 9.55 Å². The number of aromatic nitrogens is 2. The smallest absolute Gasteiger partial charge is 0.331 e. The van der Waals surface area contributed by atoms with E-state index in [2.05, 4.69) is 17.1 Å². The van der Waals surface area contributed by atoms with Crippen LogP contribution in [0, 0.1) is 0 Å². The molecule has 7 nitrogen and oxygen atoms in total. The van der Waals surface area contributed by atoms with Gasteiger partial charge in [-0.05, 0) is 39.0 Å². The molecule has 3 rings (SSSR count). The van der Waals surface area contributed by atoms with Crippen LogP contribution >= 0.6 is 0 Å². The van der Waals surface area contributed by atoms with Crippen molar-refractivity contribution in [3.8, 4) is 0 Å². The molecule has 0 aliphatic carbocycles. The number of H-pyrrole nitrogens is 1. The van der Waals surface area contributed by atoms with Crippen molar-refractivity contribution in [3.63, 3.8) is 0 Å².